The summed E-state index contributed by atoms with van der Waals surface area (Å²) in [7, 11) is 1.73. The number of hydrogen-bond acceptors (Lipinski definition) is 3. The number of carbonyl (C=O) groups excluding carboxylic acids is 1. The van der Waals surface area contributed by atoms with Crippen LogP contribution in [0.15, 0.2) is 12.4 Å². The van der Waals surface area contributed by atoms with Gasteiger partial charge in [-0.3, -0.25) is 4.79 Å². The molecule has 0 spiro atoms. The number of nitrogens with one attached hydrogen (secondary N) is 1. The highest BCUT2D eigenvalue weighted by atomic mass is 16.5. The van der Waals surface area contributed by atoms with Gasteiger partial charge >= 0.3 is 0 Å². The number of carbonyl (C=O) groups is 1. The Morgan fingerprint density at radius 2 is 2.35 bits per heavy atom. The fourth-order valence-corrected chi connectivity index (χ4v) is 2.93. The van der Waals surface area contributed by atoms with Crippen molar-refractivity contribution in [1.82, 2.24) is 14.9 Å². The first-order valence-corrected chi connectivity index (χ1v) is 7.31. The van der Waals surface area contributed by atoms with E-state index < -0.39 is 0 Å². The van der Waals surface area contributed by atoms with Gasteiger partial charge in [-0.2, -0.15) is 0 Å². The van der Waals surface area contributed by atoms with Crippen LogP contribution in [-0.2, 0) is 9.53 Å². The monoisotopic (exact) mass is 279 g/mol. The maximum absolute atomic E-state index is 12.1. The number of amides is 1. The summed E-state index contributed by atoms with van der Waals surface area (Å²) in [5.74, 6) is 1.05. The van der Waals surface area contributed by atoms with E-state index in [-0.39, 0.29) is 17.4 Å². The molecule has 1 aliphatic rings. The smallest absolute Gasteiger partial charge is 0.222 e. The highest BCUT2D eigenvalue weighted by Gasteiger charge is 2.37. The van der Waals surface area contributed by atoms with Crippen molar-refractivity contribution in [2.75, 3.05) is 20.3 Å². The quantitative estimate of drug-likeness (QED) is 0.831. The minimum atomic E-state index is 0.105. The van der Waals surface area contributed by atoms with Gasteiger partial charge in [0.05, 0.1) is 6.61 Å². The van der Waals surface area contributed by atoms with Crippen LogP contribution in [0.1, 0.15) is 44.5 Å². The number of rotatable bonds is 7. The van der Waals surface area contributed by atoms with Crippen LogP contribution in [0.25, 0.3) is 0 Å². The first kappa shape index (κ1) is 15.0. The van der Waals surface area contributed by atoms with Gasteiger partial charge in [-0.1, -0.05) is 6.42 Å². The molecule has 1 atom stereocenters. The molecule has 1 aromatic heterocycles. The lowest BCUT2D eigenvalue weighted by Crippen LogP contribution is -2.45. The van der Waals surface area contributed by atoms with Crippen LogP contribution in [0.2, 0.25) is 0 Å². The van der Waals surface area contributed by atoms with E-state index in [4.69, 9.17) is 4.74 Å². The molecule has 20 heavy (non-hydrogen) atoms. The second-order valence-electron chi connectivity index (χ2n) is 6.00. The molecule has 1 fully saturated rings. The van der Waals surface area contributed by atoms with Crippen molar-refractivity contribution >= 4 is 5.91 Å². The van der Waals surface area contributed by atoms with Crippen LogP contribution in [0.5, 0.6) is 0 Å². The zero-order valence-electron chi connectivity index (χ0n) is 12.7. The third-order valence-electron chi connectivity index (χ3n) is 4.34. The Labute approximate surface area is 120 Å². The molecule has 5 nitrogen and oxygen atoms in total. The molecule has 1 amide bonds. The molecule has 0 aliphatic heterocycles. The molecule has 1 aliphatic carbocycles. The summed E-state index contributed by atoms with van der Waals surface area (Å²) in [6.07, 6.45) is 7.72. The van der Waals surface area contributed by atoms with Crippen LogP contribution in [0.4, 0.5) is 0 Å². The minimum Gasteiger partial charge on any atom is -0.384 e. The normalized spacial score (nSPS) is 18.4. The van der Waals surface area contributed by atoms with Crippen molar-refractivity contribution in [3.05, 3.63) is 18.2 Å². The molecule has 112 valence electrons. The lowest BCUT2D eigenvalue weighted by molar-refractivity contribution is -0.123. The maximum atomic E-state index is 12.1. The molecular weight excluding hydrogens is 254 g/mol. The summed E-state index contributed by atoms with van der Waals surface area (Å²) in [6.45, 7) is 5.47. The predicted molar refractivity (Wildman–Crippen MR) is 77.5 cm³/mol. The van der Waals surface area contributed by atoms with Gasteiger partial charge in [-0.15, -0.1) is 0 Å². The van der Waals surface area contributed by atoms with E-state index in [9.17, 15) is 4.79 Å². The van der Waals surface area contributed by atoms with E-state index in [1.807, 2.05) is 24.6 Å². The second kappa shape index (κ2) is 6.39. The van der Waals surface area contributed by atoms with Crippen molar-refractivity contribution in [3.8, 4) is 0 Å². The Morgan fingerprint density at radius 3 is 2.85 bits per heavy atom. The van der Waals surface area contributed by atoms with Crippen LogP contribution < -0.4 is 5.32 Å². The summed E-state index contributed by atoms with van der Waals surface area (Å²) in [4.78, 5) is 16.3. The molecule has 1 saturated carbocycles. The Bertz CT molecular complexity index is 452. The zero-order chi connectivity index (χ0) is 14.6. The fourth-order valence-electron chi connectivity index (χ4n) is 2.93. The molecule has 1 aromatic rings. The van der Waals surface area contributed by atoms with Crippen molar-refractivity contribution in [2.45, 2.75) is 45.6 Å². The molecule has 5 heteroatoms. The van der Waals surface area contributed by atoms with Gasteiger partial charge in [0.2, 0.25) is 5.91 Å². The molecule has 1 unspecified atom stereocenters. The summed E-state index contributed by atoms with van der Waals surface area (Å²) in [5.41, 5.74) is 0.179. The van der Waals surface area contributed by atoms with E-state index in [2.05, 4.69) is 10.3 Å². The van der Waals surface area contributed by atoms with Gasteiger partial charge in [-0.05, 0) is 26.7 Å². The topological polar surface area (TPSA) is 56.1 Å². The fraction of sp³-hybridized carbons (Fsp3) is 0.733. The molecule has 0 aromatic carbocycles. The van der Waals surface area contributed by atoms with E-state index in [0.717, 1.165) is 31.8 Å². The Balaban J connectivity index is 1.79. The Kier molecular flexibility index (Phi) is 4.81. The highest BCUT2D eigenvalue weighted by molar-refractivity contribution is 5.76. The number of aromatic nitrogens is 2. The standard InChI is InChI=1S/C15H25N3O2/c1-12(18-8-7-16-13(18)2)9-14(19)17-10-15(11-20-3)5-4-6-15/h7-8,12H,4-6,9-11H2,1-3H3,(H,17,19). The minimum absolute atomic E-state index is 0.105. The third-order valence-corrected chi connectivity index (χ3v) is 4.34. The van der Waals surface area contributed by atoms with Gasteiger partial charge in [0.15, 0.2) is 0 Å². The largest absolute Gasteiger partial charge is 0.384 e. The van der Waals surface area contributed by atoms with Gasteiger partial charge < -0.3 is 14.6 Å². The highest BCUT2D eigenvalue weighted by Crippen LogP contribution is 2.40. The molecule has 0 saturated heterocycles. The van der Waals surface area contributed by atoms with E-state index in [0.29, 0.717) is 6.42 Å². The number of hydrogen-bond donors (Lipinski definition) is 1. The maximum Gasteiger partial charge on any atom is 0.222 e. The van der Waals surface area contributed by atoms with Gasteiger partial charge in [0.1, 0.15) is 5.82 Å². The summed E-state index contributed by atoms with van der Waals surface area (Å²) >= 11 is 0. The van der Waals surface area contributed by atoms with Crippen LogP contribution >= 0.6 is 0 Å². The summed E-state index contributed by atoms with van der Waals surface area (Å²) in [6, 6.07) is 0.136. The summed E-state index contributed by atoms with van der Waals surface area (Å²) in [5, 5.41) is 3.07. The number of aryl methyl sites for hydroxylation is 1. The molecular formula is C15H25N3O2. The number of methoxy groups -OCH3 is 1. The Morgan fingerprint density at radius 1 is 1.60 bits per heavy atom. The van der Waals surface area contributed by atoms with Crippen molar-refractivity contribution in [2.24, 2.45) is 5.41 Å². The third kappa shape index (κ3) is 3.39. The summed E-state index contributed by atoms with van der Waals surface area (Å²) < 4.78 is 7.31. The van der Waals surface area contributed by atoms with Gasteiger partial charge in [0.25, 0.3) is 0 Å². The first-order valence-electron chi connectivity index (χ1n) is 7.31. The van der Waals surface area contributed by atoms with Crippen molar-refractivity contribution in [1.29, 1.82) is 0 Å². The molecule has 2 rings (SSSR count). The van der Waals surface area contributed by atoms with Crippen molar-refractivity contribution in [3.63, 3.8) is 0 Å². The van der Waals surface area contributed by atoms with Crippen LogP contribution in [0, 0.1) is 12.3 Å². The van der Waals surface area contributed by atoms with Crippen LogP contribution in [-0.4, -0.2) is 35.7 Å². The molecule has 0 bridgehead atoms. The van der Waals surface area contributed by atoms with Crippen molar-refractivity contribution < 1.29 is 9.53 Å². The Hall–Kier alpha value is -1.36. The average Bonchev–Trinajstić information content (AvgIpc) is 2.78. The molecule has 1 heterocycles. The first-order chi connectivity index (χ1) is 9.56. The number of imidazole rings is 1. The predicted octanol–water partition coefficient (Wildman–Crippen LogP) is 2.08. The zero-order valence-corrected chi connectivity index (χ0v) is 12.7. The average molecular weight is 279 g/mol. The van der Waals surface area contributed by atoms with E-state index >= 15 is 0 Å². The number of ether oxygens (including phenoxy) is 1. The second-order valence-corrected chi connectivity index (χ2v) is 6.00. The van der Waals surface area contributed by atoms with Crippen LogP contribution in [0.3, 0.4) is 0 Å². The van der Waals surface area contributed by atoms with E-state index in [1.165, 1.54) is 6.42 Å². The lowest BCUT2D eigenvalue weighted by Gasteiger charge is -2.41. The lowest BCUT2D eigenvalue weighted by atomic mass is 9.69. The number of nitrogens with zero attached hydrogens (tertiary/aromatic N) is 2. The van der Waals surface area contributed by atoms with Gasteiger partial charge in [-0.25, -0.2) is 4.98 Å². The van der Waals surface area contributed by atoms with E-state index in [1.54, 1.807) is 13.3 Å². The molecule has 0 radical (unpaired) electrons. The molecule has 1 N–H and O–H groups in total. The van der Waals surface area contributed by atoms with Gasteiger partial charge in [0, 0.05) is 43.9 Å². The SMILES string of the molecule is COCC1(CNC(=O)CC(C)n2ccnc2C)CCC1.